The molecule has 0 bridgehead atoms. The summed E-state index contributed by atoms with van der Waals surface area (Å²) < 4.78 is 21.1. The summed E-state index contributed by atoms with van der Waals surface area (Å²) in [5.41, 5.74) is 0. The van der Waals surface area contributed by atoms with Crippen LogP contribution in [0.1, 0.15) is 27.7 Å². The van der Waals surface area contributed by atoms with Crippen LogP contribution in [-0.2, 0) is 33.3 Å². The number of ether oxygens (including phenoxy) is 4. The lowest BCUT2D eigenvalue weighted by Crippen LogP contribution is -2.65. The predicted octanol–water partition coefficient (Wildman–Crippen LogP) is -0.254. The maximum atomic E-state index is 11.4. The van der Waals surface area contributed by atoms with Gasteiger partial charge in [0.2, 0.25) is 5.91 Å². The maximum absolute atomic E-state index is 11.4. The SMILES string of the molecule is CO[C@H]1O[C@H](C)[C@H](OC(C)=O)[C@@H](NC(C)=O)[C@H]1OC(C)=O. The van der Waals surface area contributed by atoms with Crippen LogP contribution in [0.25, 0.3) is 0 Å². The Labute approximate surface area is 123 Å². The molecule has 0 radical (unpaired) electrons. The van der Waals surface area contributed by atoms with Gasteiger partial charge in [0.1, 0.15) is 6.04 Å². The second-order valence-electron chi connectivity index (χ2n) is 4.82. The lowest BCUT2D eigenvalue weighted by molar-refractivity contribution is -0.270. The minimum Gasteiger partial charge on any atom is -0.457 e. The van der Waals surface area contributed by atoms with E-state index in [0.717, 1.165) is 0 Å². The van der Waals surface area contributed by atoms with Crippen LogP contribution in [0.2, 0.25) is 0 Å². The van der Waals surface area contributed by atoms with Crippen LogP contribution in [-0.4, -0.2) is 55.6 Å². The van der Waals surface area contributed by atoms with E-state index in [1.165, 1.54) is 27.9 Å². The summed E-state index contributed by atoms with van der Waals surface area (Å²) in [6, 6.07) is -0.760. The van der Waals surface area contributed by atoms with Crippen molar-refractivity contribution in [3.05, 3.63) is 0 Å². The fraction of sp³-hybridized carbons (Fsp3) is 0.769. The highest BCUT2D eigenvalue weighted by Gasteiger charge is 2.48. The first-order chi connectivity index (χ1) is 9.76. The van der Waals surface area contributed by atoms with E-state index in [4.69, 9.17) is 18.9 Å². The van der Waals surface area contributed by atoms with Crippen LogP contribution in [0.5, 0.6) is 0 Å². The number of carbonyl (C=O) groups excluding carboxylic acids is 3. The van der Waals surface area contributed by atoms with Crippen LogP contribution in [0.3, 0.4) is 0 Å². The van der Waals surface area contributed by atoms with Gasteiger partial charge >= 0.3 is 11.9 Å². The Hall–Kier alpha value is -1.67. The van der Waals surface area contributed by atoms with E-state index in [9.17, 15) is 14.4 Å². The lowest BCUT2D eigenvalue weighted by Gasteiger charge is -2.43. The highest BCUT2D eigenvalue weighted by molar-refractivity contribution is 5.74. The standard InChI is InChI=1S/C13H21NO7/c1-6-11(20-8(3)16)10(14-7(2)15)12(21-9(4)17)13(18-5)19-6/h6,10-13H,1-5H3,(H,14,15)/t6-,10-,11+,12-,13+/m1/s1. The average molecular weight is 303 g/mol. The van der Waals surface area contributed by atoms with E-state index in [0.29, 0.717) is 0 Å². The fourth-order valence-corrected chi connectivity index (χ4v) is 2.28. The van der Waals surface area contributed by atoms with Crippen molar-refractivity contribution in [2.24, 2.45) is 0 Å². The van der Waals surface area contributed by atoms with E-state index in [1.54, 1.807) is 6.92 Å². The van der Waals surface area contributed by atoms with Crippen LogP contribution in [0.15, 0.2) is 0 Å². The van der Waals surface area contributed by atoms with Gasteiger partial charge in [-0.1, -0.05) is 0 Å². The van der Waals surface area contributed by atoms with Gasteiger partial charge in [0.05, 0.1) is 6.10 Å². The van der Waals surface area contributed by atoms with Gasteiger partial charge in [-0.3, -0.25) is 14.4 Å². The molecule has 0 aliphatic carbocycles. The molecule has 0 saturated carbocycles. The summed E-state index contributed by atoms with van der Waals surface area (Å²) in [6.07, 6.45) is -3.12. The molecule has 1 heterocycles. The molecule has 1 rings (SSSR count). The summed E-state index contributed by atoms with van der Waals surface area (Å²) in [5.74, 6) is -1.43. The third kappa shape index (κ3) is 4.68. The third-order valence-corrected chi connectivity index (χ3v) is 2.99. The zero-order valence-electron chi connectivity index (χ0n) is 12.7. The molecule has 0 aromatic heterocycles. The highest BCUT2D eigenvalue weighted by Crippen LogP contribution is 2.26. The van der Waals surface area contributed by atoms with Crippen molar-refractivity contribution >= 4 is 17.8 Å². The second kappa shape index (κ2) is 7.37. The Bertz CT molecular complexity index is 411. The Morgan fingerprint density at radius 3 is 1.95 bits per heavy atom. The third-order valence-electron chi connectivity index (χ3n) is 2.99. The molecule has 1 fully saturated rings. The highest BCUT2D eigenvalue weighted by atomic mass is 16.7. The zero-order valence-corrected chi connectivity index (χ0v) is 12.7. The van der Waals surface area contributed by atoms with Gasteiger partial charge in [0.25, 0.3) is 0 Å². The molecule has 1 aliphatic rings. The van der Waals surface area contributed by atoms with E-state index in [-0.39, 0.29) is 5.91 Å². The number of nitrogens with one attached hydrogen (secondary N) is 1. The van der Waals surface area contributed by atoms with E-state index in [1.807, 2.05) is 0 Å². The van der Waals surface area contributed by atoms with Gasteiger partial charge in [0.15, 0.2) is 18.5 Å². The van der Waals surface area contributed by atoms with Crippen LogP contribution >= 0.6 is 0 Å². The number of methoxy groups -OCH3 is 1. The fourth-order valence-electron chi connectivity index (χ4n) is 2.28. The van der Waals surface area contributed by atoms with Crippen molar-refractivity contribution < 1.29 is 33.3 Å². The predicted molar refractivity (Wildman–Crippen MR) is 70.1 cm³/mol. The first kappa shape index (κ1) is 17.4. The Morgan fingerprint density at radius 2 is 1.52 bits per heavy atom. The van der Waals surface area contributed by atoms with Gasteiger partial charge in [0, 0.05) is 27.9 Å². The normalized spacial score (nSPS) is 32.1. The molecule has 0 aromatic rings. The van der Waals surface area contributed by atoms with E-state index < -0.39 is 42.6 Å². The van der Waals surface area contributed by atoms with Crippen molar-refractivity contribution in [2.75, 3.05) is 7.11 Å². The number of rotatable bonds is 4. The van der Waals surface area contributed by atoms with E-state index >= 15 is 0 Å². The van der Waals surface area contributed by atoms with Crippen LogP contribution in [0, 0.1) is 0 Å². The Morgan fingerprint density at radius 1 is 1.00 bits per heavy atom. The summed E-state index contributed by atoms with van der Waals surface area (Å²) in [7, 11) is 1.39. The van der Waals surface area contributed by atoms with Crippen molar-refractivity contribution in [1.82, 2.24) is 5.32 Å². The Kier molecular flexibility index (Phi) is 6.10. The molecule has 8 heteroatoms. The molecule has 8 nitrogen and oxygen atoms in total. The molecule has 0 aromatic carbocycles. The summed E-state index contributed by atoms with van der Waals surface area (Å²) in [5, 5.41) is 2.63. The molecule has 1 amide bonds. The first-order valence-corrected chi connectivity index (χ1v) is 6.56. The van der Waals surface area contributed by atoms with Crippen molar-refractivity contribution in [3.8, 4) is 0 Å². The summed E-state index contributed by atoms with van der Waals surface area (Å²) in [6.45, 7) is 5.48. The molecule has 1 N–H and O–H groups in total. The number of carbonyl (C=O) groups is 3. The molecule has 21 heavy (non-hydrogen) atoms. The van der Waals surface area contributed by atoms with E-state index in [2.05, 4.69) is 5.32 Å². The molecular formula is C13H21NO7. The number of hydrogen-bond donors (Lipinski definition) is 1. The number of esters is 2. The zero-order chi connectivity index (χ0) is 16.2. The second-order valence-corrected chi connectivity index (χ2v) is 4.82. The van der Waals surface area contributed by atoms with Gasteiger partial charge < -0.3 is 24.3 Å². The minimum atomic E-state index is -0.919. The smallest absolute Gasteiger partial charge is 0.303 e. The molecule has 0 unspecified atom stereocenters. The van der Waals surface area contributed by atoms with Gasteiger partial charge in [-0.05, 0) is 6.92 Å². The summed E-state index contributed by atoms with van der Waals surface area (Å²) in [4.78, 5) is 33.9. The van der Waals surface area contributed by atoms with Crippen LogP contribution < -0.4 is 5.32 Å². The number of amides is 1. The Balaban J connectivity index is 3.08. The minimum absolute atomic E-state index is 0.349. The van der Waals surface area contributed by atoms with Gasteiger partial charge in [-0.2, -0.15) is 0 Å². The first-order valence-electron chi connectivity index (χ1n) is 6.56. The van der Waals surface area contributed by atoms with Crippen molar-refractivity contribution in [3.63, 3.8) is 0 Å². The molecule has 1 aliphatic heterocycles. The summed E-state index contributed by atoms with van der Waals surface area (Å²) >= 11 is 0. The molecular weight excluding hydrogens is 282 g/mol. The van der Waals surface area contributed by atoms with Crippen molar-refractivity contribution in [2.45, 2.75) is 58.3 Å². The number of hydrogen-bond acceptors (Lipinski definition) is 7. The topological polar surface area (TPSA) is 100 Å². The average Bonchev–Trinajstić information content (AvgIpc) is 2.35. The molecule has 120 valence electrons. The molecule has 0 spiro atoms. The monoisotopic (exact) mass is 303 g/mol. The lowest BCUT2D eigenvalue weighted by atomic mass is 9.96. The van der Waals surface area contributed by atoms with Crippen LogP contribution in [0.4, 0.5) is 0 Å². The largest absolute Gasteiger partial charge is 0.457 e. The van der Waals surface area contributed by atoms with Crippen molar-refractivity contribution in [1.29, 1.82) is 0 Å². The quantitative estimate of drug-likeness (QED) is 0.714. The molecule has 1 saturated heterocycles. The molecule has 5 atom stereocenters. The van der Waals surface area contributed by atoms with Gasteiger partial charge in [-0.15, -0.1) is 0 Å². The van der Waals surface area contributed by atoms with Gasteiger partial charge in [-0.25, -0.2) is 0 Å². The maximum Gasteiger partial charge on any atom is 0.303 e.